The van der Waals surface area contributed by atoms with Gasteiger partial charge >= 0.3 is 5.97 Å². The van der Waals surface area contributed by atoms with Crippen LogP contribution in [0, 0.1) is 0 Å². The van der Waals surface area contributed by atoms with Gasteiger partial charge in [-0.25, -0.2) is 4.98 Å². The molecule has 0 saturated heterocycles. The van der Waals surface area contributed by atoms with Crippen LogP contribution in [0.1, 0.15) is 12.6 Å². The van der Waals surface area contributed by atoms with E-state index in [1.165, 1.54) is 6.92 Å². The Morgan fingerprint density at radius 1 is 1.40 bits per heavy atom. The number of nitrogens with one attached hydrogen (secondary N) is 1. The van der Waals surface area contributed by atoms with Crippen molar-refractivity contribution >= 4 is 17.6 Å². The number of hydrogen-bond donors (Lipinski definition) is 2. The van der Waals surface area contributed by atoms with E-state index in [1.54, 1.807) is 29.9 Å². The minimum absolute atomic E-state index is 0.0745. The predicted octanol–water partition coefficient (Wildman–Crippen LogP) is 1.67. The van der Waals surface area contributed by atoms with Crippen LogP contribution in [0.5, 0.6) is 0 Å². The molecule has 0 atom stereocenters. The van der Waals surface area contributed by atoms with Crippen LogP contribution in [0.25, 0.3) is 11.4 Å². The highest BCUT2D eigenvalue weighted by molar-refractivity contribution is 5.89. The lowest BCUT2D eigenvalue weighted by molar-refractivity contribution is -0.136. The number of anilines is 1. The Kier molecular flexibility index (Phi) is 3.84. The molecule has 1 aromatic heterocycles. The van der Waals surface area contributed by atoms with E-state index in [1.807, 2.05) is 12.1 Å². The van der Waals surface area contributed by atoms with Gasteiger partial charge in [0.2, 0.25) is 5.91 Å². The van der Waals surface area contributed by atoms with Crippen LogP contribution in [0.3, 0.4) is 0 Å². The summed E-state index contributed by atoms with van der Waals surface area (Å²) in [5.74, 6) is -0.381. The Morgan fingerprint density at radius 3 is 2.80 bits per heavy atom. The molecule has 2 rings (SSSR count). The number of aliphatic carboxylic acids is 1. The van der Waals surface area contributed by atoms with Crippen molar-refractivity contribution in [1.82, 2.24) is 9.55 Å². The highest BCUT2D eigenvalue weighted by Gasteiger charge is 2.11. The summed E-state index contributed by atoms with van der Waals surface area (Å²) >= 11 is 0. The van der Waals surface area contributed by atoms with Gasteiger partial charge in [-0.2, -0.15) is 0 Å². The molecule has 1 heterocycles. The van der Waals surface area contributed by atoms with Gasteiger partial charge in [0.05, 0.1) is 6.42 Å². The fraction of sp³-hybridized carbons (Fsp3) is 0.214. The molecule has 6 heteroatoms. The van der Waals surface area contributed by atoms with E-state index in [0.717, 1.165) is 5.56 Å². The van der Waals surface area contributed by atoms with E-state index in [4.69, 9.17) is 5.11 Å². The zero-order valence-corrected chi connectivity index (χ0v) is 11.3. The second-order valence-electron chi connectivity index (χ2n) is 4.46. The van der Waals surface area contributed by atoms with Crippen LogP contribution in [0.15, 0.2) is 30.5 Å². The van der Waals surface area contributed by atoms with E-state index in [9.17, 15) is 9.59 Å². The Hall–Kier alpha value is -2.63. The van der Waals surface area contributed by atoms with Crippen LogP contribution in [-0.4, -0.2) is 26.5 Å². The second-order valence-corrected chi connectivity index (χ2v) is 4.46. The molecule has 0 fully saturated rings. The van der Waals surface area contributed by atoms with Gasteiger partial charge in [-0.15, -0.1) is 0 Å². The van der Waals surface area contributed by atoms with Gasteiger partial charge in [-0.1, -0.05) is 12.1 Å². The zero-order chi connectivity index (χ0) is 14.7. The number of carboxylic acid groups (broad SMARTS) is 1. The summed E-state index contributed by atoms with van der Waals surface area (Å²) in [6, 6.07) is 7.25. The smallest absolute Gasteiger partial charge is 0.309 e. The molecular formula is C14H15N3O3. The largest absolute Gasteiger partial charge is 0.481 e. The first-order valence-corrected chi connectivity index (χ1v) is 6.08. The molecule has 0 aliphatic carbocycles. The minimum atomic E-state index is -0.897. The molecule has 0 bridgehead atoms. The maximum absolute atomic E-state index is 11.1. The lowest BCUT2D eigenvalue weighted by Crippen LogP contribution is -2.07. The molecule has 0 spiro atoms. The van der Waals surface area contributed by atoms with Gasteiger partial charge in [-0.3, -0.25) is 9.59 Å². The number of nitrogens with zero attached hydrogens (tertiary/aromatic N) is 2. The molecule has 0 radical (unpaired) electrons. The summed E-state index contributed by atoms with van der Waals surface area (Å²) in [5, 5.41) is 11.5. The SMILES string of the molecule is CC(=O)Nc1cccc(-c2ncc(CC(=O)O)n2C)c1. The number of amides is 1. The Balaban J connectivity index is 2.34. The fourth-order valence-electron chi connectivity index (χ4n) is 1.97. The number of aromatic nitrogens is 2. The average Bonchev–Trinajstić information content (AvgIpc) is 2.70. The maximum Gasteiger partial charge on any atom is 0.309 e. The predicted molar refractivity (Wildman–Crippen MR) is 74.3 cm³/mol. The summed E-state index contributed by atoms with van der Waals surface area (Å²) in [4.78, 5) is 26.1. The van der Waals surface area contributed by atoms with E-state index >= 15 is 0 Å². The van der Waals surface area contributed by atoms with E-state index in [0.29, 0.717) is 17.2 Å². The standard InChI is InChI=1S/C14H15N3O3/c1-9(18)16-11-5-3-4-10(6-11)14-15-8-12(17(14)2)7-13(19)20/h3-6,8H,7H2,1-2H3,(H,16,18)(H,19,20). The quantitative estimate of drug-likeness (QED) is 0.887. The molecule has 1 amide bonds. The number of carbonyl (C=O) groups excluding carboxylic acids is 1. The minimum Gasteiger partial charge on any atom is -0.481 e. The molecule has 104 valence electrons. The van der Waals surface area contributed by atoms with E-state index < -0.39 is 5.97 Å². The topological polar surface area (TPSA) is 84.2 Å². The summed E-state index contributed by atoms with van der Waals surface area (Å²) in [6.45, 7) is 1.44. The molecule has 0 aliphatic heterocycles. The van der Waals surface area contributed by atoms with E-state index in [-0.39, 0.29) is 12.3 Å². The van der Waals surface area contributed by atoms with Gasteiger partial charge < -0.3 is 15.0 Å². The van der Waals surface area contributed by atoms with Gasteiger partial charge in [0.25, 0.3) is 0 Å². The number of benzene rings is 1. The Labute approximate surface area is 116 Å². The number of hydrogen-bond acceptors (Lipinski definition) is 3. The second kappa shape index (κ2) is 5.56. The first kappa shape index (κ1) is 13.8. The van der Waals surface area contributed by atoms with Gasteiger partial charge in [0, 0.05) is 37.1 Å². The lowest BCUT2D eigenvalue weighted by Gasteiger charge is -2.07. The van der Waals surface area contributed by atoms with Crippen molar-refractivity contribution in [2.75, 3.05) is 5.32 Å². The van der Waals surface area contributed by atoms with Crippen LogP contribution >= 0.6 is 0 Å². The maximum atomic E-state index is 11.1. The van der Waals surface area contributed by atoms with Crippen LogP contribution in [0.2, 0.25) is 0 Å². The molecule has 2 N–H and O–H groups in total. The summed E-state index contributed by atoms with van der Waals surface area (Å²) in [7, 11) is 1.77. The molecule has 0 unspecified atom stereocenters. The van der Waals surface area contributed by atoms with Crippen LogP contribution in [-0.2, 0) is 23.1 Å². The summed E-state index contributed by atoms with van der Waals surface area (Å²) in [6.07, 6.45) is 1.48. The van der Waals surface area contributed by atoms with Crippen LogP contribution in [0.4, 0.5) is 5.69 Å². The third kappa shape index (κ3) is 3.03. The zero-order valence-electron chi connectivity index (χ0n) is 11.3. The van der Waals surface area contributed by atoms with Crippen molar-refractivity contribution in [2.45, 2.75) is 13.3 Å². The molecule has 1 aromatic carbocycles. The lowest BCUT2D eigenvalue weighted by atomic mass is 10.2. The van der Waals surface area contributed by atoms with Crippen molar-refractivity contribution in [3.05, 3.63) is 36.2 Å². The third-order valence-corrected chi connectivity index (χ3v) is 2.86. The molecular weight excluding hydrogens is 258 g/mol. The molecule has 2 aromatic rings. The summed E-state index contributed by atoms with van der Waals surface area (Å²) < 4.78 is 1.74. The van der Waals surface area contributed by atoms with Gasteiger partial charge in [0.1, 0.15) is 5.82 Å². The van der Waals surface area contributed by atoms with Crippen molar-refractivity contribution < 1.29 is 14.7 Å². The monoisotopic (exact) mass is 273 g/mol. The molecule has 0 saturated carbocycles. The average molecular weight is 273 g/mol. The van der Waals surface area contributed by atoms with Gasteiger partial charge in [0.15, 0.2) is 0 Å². The summed E-state index contributed by atoms with van der Waals surface area (Å²) in [5.41, 5.74) is 2.12. The van der Waals surface area contributed by atoms with E-state index in [2.05, 4.69) is 10.3 Å². The normalized spacial score (nSPS) is 10.3. The number of imidazole rings is 1. The number of carboxylic acids is 1. The first-order chi connectivity index (χ1) is 9.47. The molecule has 20 heavy (non-hydrogen) atoms. The van der Waals surface area contributed by atoms with Crippen molar-refractivity contribution in [3.8, 4) is 11.4 Å². The molecule has 0 aliphatic rings. The number of rotatable bonds is 4. The fourth-order valence-corrected chi connectivity index (χ4v) is 1.97. The van der Waals surface area contributed by atoms with Crippen LogP contribution < -0.4 is 5.32 Å². The third-order valence-electron chi connectivity index (χ3n) is 2.86. The van der Waals surface area contributed by atoms with Crippen molar-refractivity contribution in [2.24, 2.45) is 7.05 Å². The first-order valence-electron chi connectivity index (χ1n) is 6.08. The highest BCUT2D eigenvalue weighted by Crippen LogP contribution is 2.22. The Morgan fingerprint density at radius 2 is 2.15 bits per heavy atom. The molecule has 6 nitrogen and oxygen atoms in total. The number of carbonyl (C=O) groups is 2. The highest BCUT2D eigenvalue weighted by atomic mass is 16.4. The van der Waals surface area contributed by atoms with Gasteiger partial charge in [-0.05, 0) is 12.1 Å². The van der Waals surface area contributed by atoms with Crippen molar-refractivity contribution in [1.29, 1.82) is 0 Å². The Bertz CT molecular complexity index is 661. The van der Waals surface area contributed by atoms with Crippen molar-refractivity contribution in [3.63, 3.8) is 0 Å².